The van der Waals surface area contributed by atoms with Crippen LogP contribution in [0.5, 0.6) is 5.88 Å². The minimum atomic E-state index is -1.01. The molecule has 0 saturated heterocycles. The van der Waals surface area contributed by atoms with Crippen molar-refractivity contribution in [2.75, 3.05) is 12.0 Å². The maximum absolute atomic E-state index is 11.6. The molecular weight excluding hydrogens is 276 g/mol. The minimum absolute atomic E-state index is 0.208. The first-order valence-electron chi connectivity index (χ1n) is 6.18. The van der Waals surface area contributed by atoms with Crippen molar-refractivity contribution >= 4 is 27.3 Å². The van der Waals surface area contributed by atoms with Gasteiger partial charge in [-0.15, -0.1) is 0 Å². The maximum atomic E-state index is 11.6. The second-order valence-corrected chi connectivity index (χ2v) is 6.81. The zero-order valence-electron chi connectivity index (χ0n) is 11.6. The third-order valence-corrected chi connectivity index (χ3v) is 5.08. The summed E-state index contributed by atoms with van der Waals surface area (Å²) < 4.78 is 4.99. The third-order valence-electron chi connectivity index (χ3n) is 2.81. The number of rotatable bonds is 4. The van der Waals surface area contributed by atoms with Gasteiger partial charge in [0.25, 0.3) is 5.00 Å². The predicted octanol–water partition coefficient (Wildman–Crippen LogP) is 4.24. The number of nitrogens with zero attached hydrogens (tertiary/aromatic N) is 2. The van der Waals surface area contributed by atoms with Crippen LogP contribution in [0.15, 0.2) is 35.8 Å². The topological polar surface area (TPSA) is 62.7 Å². The van der Waals surface area contributed by atoms with Gasteiger partial charge in [0.1, 0.15) is 10.6 Å². The normalized spacial score (nSPS) is 11.5. The van der Waals surface area contributed by atoms with Crippen molar-refractivity contribution in [3.8, 4) is 5.88 Å². The summed E-state index contributed by atoms with van der Waals surface area (Å²) in [7, 11) is 1.32. The predicted molar refractivity (Wildman–Crippen MR) is 80.3 cm³/mol. The number of carboxylic acid groups (broad SMARTS) is 1. The lowest BCUT2D eigenvalue weighted by Gasteiger charge is -2.15. The van der Waals surface area contributed by atoms with Crippen LogP contribution in [-0.2, 0) is 0 Å². The molecule has 2 aromatic rings. The molecule has 0 spiro atoms. The van der Waals surface area contributed by atoms with Gasteiger partial charge in [0, 0.05) is 22.6 Å². The van der Waals surface area contributed by atoms with E-state index in [0.717, 1.165) is 5.00 Å². The highest BCUT2D eigenvalue weighted by molar-refractivity contribution is 7.34. The van der Waals surface area contributed by atoms with E-state index in [1.165, 1.54) is 18.2 Å². The van der Waals surface area contributed by atoms with Crippen molar-refractivity contribution in [3.05, 3.63) is 35.8 Å². The van der Waals surface area contributed by atoms with Gasteiger partial charge in [-0.1, -0.05) is 0 Å². The van der Waals surface area contributed by atoms with Crippen molar-refractivity contribution < 1.29 is 14.6 Å². The Morgan fingerprint density at radius 2 is 2.15 bits per heavy atom. The number of ether oxygens (including phenoxy) is 1. The quantitative estimate of drug-likeness (QED) is 0.857. The fourth-order valence-electron chi connectivity index (χ4n) is 1.89. The van der Waals surface area contributed by atoms with Crippen LogP contribution in [-0.4, -0.2) is 23.3 Å². The molecule has 0 aromatic carbocycles. The van der Waals surface area contributed by atoms with Crippen LogP contribution in [0, 0.1) is 0 Å². The Balaban J connectivity index is 2.45. The van der Waals surface area contributed by atoms with Crippen molar-refractivity contribution in [1.29, 1.82) is 0 Å². The molecule has 1 unspecified atom stereocenters. The highest BCUT2D eigenvalue weighted by Gasteiger charge is 2.28. The van der Waals surface area contributed by atoms with Gasteiger partial charge in [0.05, 0.1) is 19.0 Å². The van der Waals surface area contributed by atoms with Gasteiger partial charge >= 0.3 is 6.09 Å². The number of aromatic nitrogens is 1. The molecule has 0 aliphatic rings. The van der Waals surface area contributed by atoms with Crippen molar-refractivity contribution in [3.63, 3.8) is 0 Å². The van der Waals surface area contributed by atoms with Crippen molar-refractivity contribution in [1.82, 2.24) is 4.98 Å². The van der Waals surface area contributed by atoms with E-state index in [4.69, 9.17) is 4.74 Å². The number of hydrogen-bond acceptors (Lipinski definition) is 3. The maximum Gasteiger partial charge on any atom is 0.420 e. The molecule has 5 nitrogen and oxygen atoms in total. The van der Waals surface area contributed by atoms with E-state index in [-0.39, 0.29) is 10.5 Å². The van der Waals surface area contributed by atoms with E-state index in [1.807, 2.05) is 17.5 Å². The van der Waals surface area contributed by atoms with Gasteiger partial charge in [-0.3, -0.25) is 0 Å². The molecule has 2 aromatic heterocycles. The Morgan fingerprint density at radius 3 is 2.65 bits per heavy atom. The van der Waals surface area contributed by atoms with E-state index in [1.54, 1.807) is 12.1 Å². The molecule has 2 rings (SSSR count). The van der Waals surface area contributed by atoms with Gasteiger partial charge < -0.3 is 9.84 Å². The molecule has 1 N–H and O–H groups in total. The zero-order chi connectivity index (χ0) is 14.7. The number of thiophene rings is 1. The van der Waals surface area contributed by atoms with Gasteiger partial charge in [-0.05, 0) is 26.0 Å². The monoisotopic (exact) mass is 293 g/mol. The highest BCUT2D eigenvalue weighted by Crippen LogP contribution is 2.44. The standard InChI is InChI=1S/C14H16N2O3S/c1-10(2)20-8-4-5-13(20)16(14(17)18)11-6-7-12(19-3)15-9-11/h4-10H,1-3H3/p+1. The minimum Gasteiger partial charge on any atom is -0.481 e. The molecule has 106 valence electrons. The van der Waals surface area contributed by atoms with Gasteiger partial charge in [0.2, 0.25) is 5.88 Å². The molecule has 6 heteroatoms. The molecule has 0 aliphatic carbocycles. The summed E-state index contributed by atoms with van der Waals surface area (Å²) in [5, 5.41) is 12.7. The lowest BCUT2D eigenvalue weighted by molar-refractivity contribution is 0.205. The van der Waals surface area contributed by atoms with Crippen molar-refractivity contribution in [2.24, 2.45) is 0 Å². The molecule has 0 bridgehead atoms. The van der Waals surface area contributed by atoms with Crippen LogP contribution in [0.2, 0.25) is 0 Å². The molecule has 0 radical (unpaired) electrons. The van der Waals surface area contributed by atoms with Crippen LogP contribution < -0.4 is 9.64 Å². The Labute approximate surface area is 120 Å². The van der Waals surface area contributed by atoms with Gasteiger partial charge in [0.15, 0.2) is 0 Å². The van der Waals surface area contributed by atoms with Crippen LogP contribution in [0.25, 0.3) is 0 Å². The summed E-state index contributed by atoms with van der Waals surface area (Å²) in [4.78, 5) is 17.0. The van der Waals surface area contributed by atoms with E-state index in [9.17, 15) is 9.90 Å². The van der Waals surface area contributed by atoms with Gasteiger partial charge in [-0.25, -0.2) is 9.78 Å². The first kappa shape index (κ1) is 14.3. The van der Waals surface area contributed by atoms with Crippen LogP contribution >= 0.6 is 10.5 Å². The average molecular weight is 293 g/mol. The lowest BCUT2D eigenvalue weighted by Crippen LogP contribution is -2.23. The lowest BCUT2D eigenvalue weighted by atomic mass is 10.4. The summed E-state index contributed by atoms with van der Waals surface area (Å²) in [6.45, 7) is 4.16. The average Bonchev–Trinajstić information content (AvgIpc) is 2.88. The van der Waals surface area contributed by atoms with Crippen LogP contribution in [0.3, 0.4) is 0 Å². The Morgan fingerprint density at radius 1 is 1.40 bits per heavy atom. The smallest absolute Gasteiger partial charge is 0.420 e. The summed E-state index contributed by atoms with van der Waals surface area (Å²) >= 11 is 0. The van der Waals surface area contributed by atoms with Crippen molar-refractivity contribution in [2.45, 2.75) is 19.1 Å². The summed E-state index contributed by atoms with van der Waals surface area (Å²) in [5.74, 6) is 0.459. The Kier molecular flexibility index (Phi) is 4.24. The number of anilines is 2. The third kappa shape index (κ3) is 2.75. The Hall–Kier alpha value is -2.08. The SMILES string of the molecule is COc1ccc(N(C(=O)O)c2ccc[s+]2C(C)C)cn1. The molecule has 0 aliphatic heterocycles. The number of methoxy groups -OCH3 is 1. The molecule has 1 atom stereocenters. The molecule has 20 heavy (non-hydrogen) atoms. The second-order valence-electron chi connectivity index (χ2n) is 4.43. The molecule has 0 fully saturated rings. The van der Waals surface area contributed by atoms with Crippen LogP contribution in [0.4, 0.5) is 15.5 Å². The summed E-state index contributed by atoms with van der Waals surface area (Å²) in [6, 6.07) is 7.11. The molecular formula is C14H17N2O3S+. The first-order valence-corrected chi connectivity index (χ1v) is 7.53. The highest BCUT2D eigenvalue weighted by atomic mass is 32.2. The van der Waals surface area contributed by atoms with E-state index in [2.05, 4.69) is 18.8 Å². The molecule has 0 saturated carbocycles. The fraction of sp³-hybridized carbons (Fsp3) is 0.286. The molecule has 1 amide bonds. The van der Waals surface area contributed by atoms with E-state index in [0.29, 0.717) is 16.8 Å². The summed E-state index contributed by atoms with van der Waals surface area (Å²) in [5.41, 5.74) is 0.520. The number of carbonyl (C=O) groups is 1. The number of hydrogen-bond donors (Lipinski definition) is 1. The van der Waals surface area contributed by atoms with Crippen LogP contribution in [0.1, 0.15) is 19.1 Å². The number of amides is 1. The molecule has 2 heterocycles. The second kappa shape index (κ2) is 5.92. The Bertz CT molecular complexity index is 593. The largest absolute Gasteiger partial charge is 0.481 e. The van der Waals surface area contributed by atoms with Gasteiger partial charge in [-0.2, -0.15) is 4.90 Å². The summed E-state index contributed by atoms with van der Waals surface area (Å²) in [6.07, 6.45) is 0.499. The number of pyridine rings is 1. The van der Waals surface area contributed by atoms with E-state index < -0.39 is 6.09 Å². The van der Waals surface area contributed by atoms with E-state index >= 15 is 0 Å². The first-order chi connectivity index (χ1) is 9.54. The fourth-order valence-corrected chi connectivity index (χ4v) is 3.71. The zero-order valence-corrected chi connectivity index (χ0v) is 12.4.